The molecule has 5 rings (SSSR count). The number of likely N-dealkylation sites (tertiary alicyclic amines) is 1. The van der Waals surface area contributed by atoms with Crippen LogP contribution in [0.3, 0.4) is 0 Å². The molecule has 0 spiro atoms. The summed E-state index contributed by atoms with van der Waals surface area (Å²) in [5, 5.41) is 3.69. The quantitative estimate of drug-likeness (QED) is 0.393. The molecule has 8 nitrogen and oxygen atoms in total. The summed E-state index contributed by atoms with van der Waals surface area (Å²) in [6.07, 6.45) is 11.7. The first-order valence-electron chi connectivity index (χ1n) is 14.2. The Balaban J connectivity index is 1.38. The van der Waals surface area contributed by atoms with E-state index in [0.29, 0.717) is 45.8 Å². The number of nitrogens with one attached hydrogen (secondary N) is 1. The van der Waals surface area contributed by atoms with Crippen molar-refractivity contribution in [1.29, 1.82) is 0 Å². The maximum Gasteiger partial charge on any atom is 0.263 e. The number of hydrogen-bond acceptors (Lipinski definition) is 6. The van der Waals surface area contributed by atoms with Crippen LogP contribution in [0.2, 0.25) is 5.02 Å². The van der Waals surface area contributed by atoms with Crippen LogP contribution in [-0.4, -0.2) is 56.6 Å². The van der Waals surface area contributed by atoms with Gasteiger partial charge in [-0.3, -0.25) is 19.1 Å². The molecule has 1 N–H and O–H groups in total. The average molecular weight is 552 g/mol. The van der Waals surface area contributed by atoms with Crippen LogP contribution in [0.1, 0.15) is 65.2 Å². The van der Waals surface area contributed by atoms with Crippen LogP contribution in [0.25, 0.3) is 22.4 Å². The van der Waals surface area contributed by atoms with Crippen LogP contribution in [0.5, 0.6) is 5.75 Å². The van der Waals surface area contributed by atoms with Crippen LogP contribution in [0.15, 0.2) is 41.3 Å². The monoisotopic (exact) mass is 551 g/mol. The molecular formula is C30H38ClN5O3. The van der Waals surface area contributed by atoms with Crippen molar-refractivity contribution >= 4 is 28.5 Å². The van der Waals surface area contributed by atoms with E-state index in [1.54, 1.807) is 30.5 Å². The summed E-state index contributed by atoms with van der Waals surface area (Å²) in [6, 6.07) is 10.0. The fourth-order valence-electron chi connectivity index (χ4n) is 6.03. The lowest BCUT2D eigenvalue weighted by Gasteiger charge is -2.40. The van der Waals surface area contributed by atoms with Gasteiger partial charge >= 0.3 is 0 Å². The van der Waals surface area contributed by atoms with E-state index in [2.05, 4.69) is 20.2 Å². The number of fused-ring (bicyclic) bond motifs is 1. The summed E-state index contributed by atoms with van der Waals surface area (Å²) >= 11 is 6.22. The molecule has 0 radical (unpaired) electrons. The molecule has 1 atom stereocenters. The molecule has 1 saturated carbocycles. The molecule has 3 heterocycles. The first-order chi connectivity index (χ1) is 18.9. The highest BCUT2D eigenvalue weighted by Crippen LogP contribution is 2.31. The second kappa shape index (κ2) is 12.5. The standard InChI is InChI=1S/C30H38ClN5O3/c1-20(2)33-27(37)19-36-29(21-8-7-9-22(31)16-21)34-28-26(30(36)38)17-25(18-32-28)39-15-13-24-12-5-6-14-35(24)23-10-3-4-11-23/h7-9,16-18,20,23-24H,3-6,10-15,19H2,1-2H3,(H,33,37). The van der Waals surface area contributed by atoms with E-state index >= 15 is 0 Å². The van der Waals surface area contributed by atoms with Crippen molar-refractivity contribution in [2.75, 3.05) is 13.2 Å². The number of ether oxygens (including phenoxy) is 1. The topological polar surface area (TPSA) is 89.3 Å². The minimum absolute atomic E-state index is 0.0494. The van der Waals surface area contributed by atoms with Crippen molar-refractivity contribution in [2.45, 2.75) is 89.9 Å². The lowest BCUT2D eigenvalue weighted by Crippen LogP contribution is -2.45. The number of amides is 1. The molecule has 1 aromatic carbocycles. The highest BCUT2D eigenvalue weighted by atomic mass is 35.5. The SMILES string of the molecule is CC(C)NC(=O)Cn1c(-c2cccc(Cl)c2)nc2ncc(OCCC3CCCCN3C3CCCC3)cc2c1=O. The summed E-state index contributed by atoms with van der Waals surface area (Å²) in [5.41, 5.74) is 0.606. The Morgan fingerprint density at radius 1 is 1.15 bits per heavy atom. The van der Waals surface area contributed by atoms with E-state index in [1.165, 1.54) is 56.1 Å². The van der Waals surface area contributed by atoms with Crippen molar-refractivity contribution in [3.05, 3.63) is 51.9 Å². The number of piperidine rings is 1. The van der Waals surface area contributed by atoms with Gasteiger partial charge in [-0.25, -0.2) is 9.97 Å². The number of halogens is 1. The largest absolute Gasteiger partial charge is 0.492 e. The normalized spacial score (nSPS) is 18.6. The van der Waals surface area contributed by atoms with Gasteiger partial charge < -0.3 is 10.1 Å². The first-order valence-corrected chi connectivity index (χ1v) is 14.6. The molecule has 2 aromatic heterocycles. The molecule has 2 aliphatic rings. The third-order valence-corrected chi connectivity index (χ3v) is 8.04. The predicted molar refractivity (Wildman–Crippen MR) is 154 cm³/mol. The van der Waals surface area contributed by atoms with E-state index in [4.69, 9.17) is 16.3 Å². The molecule has 1 aliphatic heterocycles. The summed E-state index contributed by atoms with van der Waals surface area (Å²) in [4.78, 5) is 38.2. The van der Waals surface area contributed by atoms with Crippen molar-refractivity contribution < 1.29 is 9.53 Å². The van der Waals surface area contributed by atoms with E-state index in [0.717, 1.165) is 12.5 Å². The van der Waals surface area contributed by atoms with Crippen molar-refractivity contribution in [3.8, 4) is 17.1 Å². The van der Waals surface area contributed by atoms with Crippen LogP contribution in [0.4, 0.5) is 0 Å². The Bertz CT molecular complexity index is 1370. The zero-order valence-corrected chi connectivity index (χ0v) is 23.6. The predicted octanol–water partition coefficient (Wildman–Crippen LogP) is 5.20. The molecular weight excluding hydrogens is 514 g/mol. The zero-order chi connectivity index (χ0) is 27.4. The zero-order valence-electron chi connectivity index (χ0n) is 22.9. The third-order valence-electron chi connectivity index (χ3n) is 7.81. The second-order valence-corrected chi connectivity index (χ2v) is 11.5. The maximum atomic E-state index is 13.7. The molecule has 208 valence electrons. The highest BCUT2D eigenvalue weighted by molar-refractivity contribution is 6.30. The fraction of sp³-hybridized carbons (Fsp3) is 0.533. The molecule has 1 saturated heterocycles. The van der Waals surface area contributed by atoms with Crippen molar-refractivity contribution in [2.24, 2.45) is 0 Å². The van der Waals surface area contributed by atoms with Crippen molar-refractivity contribution in [1.82, 2.24) is 24.8 Å². The number of benzene rings is 1. The molecule has 1 aliphatic carbocycles. The molecule has 1 unspecified atom stereocenters. The summed E-state index contributed by atoms with van der Waals surface area (Å²) < 4.78 is 7.51. The number of carbonyl (C=O) groups is 1. The summed E-state index contributed by atoms with van der Waals surface area (Å²) in [5.74, 6) is 0.619. The summed E-state index contributed by atoms with van der Waals surface area (Å²) in [6.45, 7) is 5.36. The Morgan fingerprint density at radius 3 is 2.72 bits per heavy atom. The number of rotatable bonds is 9. The third kappa shape index (κ3) is 6.61. The number of hydrogen-bond donors (Lipinski definition) is 1. The smallest absolute Gasteiger partial charge is 0.263 e. The van der Waals surface area contributed by atoms with Crippen molar-refractivity contribution in [3.63, 3.8) is 0 Å². The van der Waals surface area contributed by atoms with E-state index in [-0.39, 0.29) is 24.1 Å². The lowest BCUT2D eigenvalue weighted by atomic mass is 9.97. The van der Waals surface area contributed by atoms with E-state index in [1.807, 2.05) is 19.9 Å². The fourth-order valence-corrected chi connectivity index (χ4v) is 6.22. The second-order valence-electron chi connectivity index (χ2n) is 11.1. The number of aromatic nitrogens is 3. The minimum atomic E-state index is -0.341. The van der Waals surface area contributed by atoms with Gasteiger partial charge in [0.1, 0.15) is 18.1 Å². The van der Waals surface area contributed by atoms with Gasteiger partial charge in [-0.1, -0.05) is 43.0 Å². The minimum Gasteiger partial charge on any atom is -0.492 e. The van der Waals surface area contributed by atoms with Gasteiger partial charge in [0.15, 0.2) is 5.65 Å². The number of carbonyl (C=O) groups excluding carboxylic acids is 1. The Labute approximate surface area is 234 Å². The lowest BCUT2D eigenvalue weighted by molar-refractivity contribution is -0.122. The van der Waals surface area contributed by atoms with Crippen LogP contribution >= 0.6 is 11.6 Å². The van der Waals surface area contributed by atoms with Gasteiger partial charge in [0.05, 0.1) is 18.2 Å². The molecule has 0 bridgehead atoms. The van der Waals surface area contributed by atoms with Gasteiger partial charge in [0.25, 0.3) is 5.56 Å². The Kier molecular flexibility index (Phi) is 8.82. The Morgan fingerprint density at radius 2 is 1.95 bits per heavy atom. The molecule has 2 fully saturated rings. The van der Waals surface area contributed by atoms with Crippen LogP contribution in [0, 0.1) is 0 Å². The van der Waals surface area contributed by atoms with Crippen LogP contribution in [-0.2, 0) is 11.3 Å². The highest BCUT2D eigenvalue weighted by Gasteiger charge is 2.30. The van der Waals surface area contributed by atoms with Gasteiger partial charge in [-0.2, -0.15) is 0 Å². The Hall–Kier alpha value is -2.97. The number of nitrogens with zero attached hydrogens (tertiary/aromatic N) is 4. The summed E-state index contributed by atoms with van der Waals surface area (Å²) in [7, 11) is 0. The number of pyridine rings is 1. The van der Waals surface area contributed by atoms with Crippen LogP contribution < -0.4 is 15.6 Å². The van der Waals surface area contributed by atoms with Gasteiger partial charge in [-0.05, 0) is 70.7 Å². The molecule has 39 heavy (non-hydrogen) atoms. The average Bonchev–Trinajstić information content (AvgIpc) is 3.45. The van der Waals surface area contributed by atoms with E-state index in [9.17, 15) is 9.59 Å². The molecule has 1 amide bonds. The molecule has 3 aromatic rings. The first kappa shape index (κ1) is 27.6. The van der Waals surface area contributed by atoms with Gasteiger partial charge in [0, 0.05) is 28.7 Å². The van der Waals surface area contributed by atoms with E-state index < -0.39 is 0 Å². The van der Waals surface area contributed by atoms with Gasteiger partial charge in [0.2, 0.25) is 5.91 Å². The molecule has 9 heteroatoms. The van der Waals surface area contributed by atoms with Gasteiger partial charge in [-0.15, -0.1) is 0 Å². The maximum absolute atomic E-state index is 13.7.